The Balaban J connectivity index is 2.55. The van der Waals surface area contributed by atoms with E-state index in [4.69, 9.17) is 0 Å². The van der Waals surface area contributed by atoms with Gasteiger partial charge in [-0.15, -0.1) is 0 Å². The van der Waals surface area contributed by atoms with Crippen LogP contribution in [-0.4, -0.2) is 23.0 Å². The van der Waals surface area contributed by atoms with E-state index < -0.39 is 0 Å². The van der Waals surface area contributed by atoms with E-state index in [1.54, 1.807) is 18.2 Å². The third-order valence-corrected chi connectivity index (χ3v) is 2.25. The minimum absolute atomic E-state index is 0.349. The molecule has 0 saturated carbocycles. The third-order valence-electron chi connectivity index (χ3n) is 1.87. The number of hydrogen-bond acceptors (Lipinski definition) is 3. The van der Waals surface area contributed by atoms with Crippen molar-refractivity contribution in [3.05, 3.63) is 28.5 Å². The molecule has 2 aromatic rings. The molecule has 0 unspecified atom stereocenters. The Hall–Kier alpha value is -1.36. The smallest absolute Gasteiger partial charge is 0.337 e. The maximum atomic E-state index is 11.2. The zero-order chi connectivity index (χ0) is 10.1. The number of fused-ring (bicyclic) bond motifs is 1. The highest BCUT2D eigenvalue weighted by Crippen LogP contribution is 2.16. The molecule has 5 heteroatoms. The summed E-state index contributed by atoms with van der Waals surface area (Å²) in [5.74, 6) is -0.349. The number of nitrogens with one attached hydrogen (secondary N) is 1. The van der Waals surface area contributed by atoms with E-state index in [9.17, 15) is 4.79 Å². The number of ether oxygens (including phenoxy) is 1. The summed E-state index contributed by atoms with van der Waals surface area (Å²) in [5.41, 5.74) is 2.13. The van der Waals surface area contributed by atoms with Crippen LogP contribution >= 0.6 is 15.9 Å². The van der Waals surface area contributed by atoms with Crippen molar-refractivity contribution >= 4 is 32.9 Å². The van der Waals surface area contributed by atoms with Gasteiger partial charge in [-0.05, 0) is 34.1 Å². The molecule has 72 valence electrons. The van der Waals surface area contributed by atoms with Gasteiger partial charge in [0, 0.05) is 0 Å². The van der Waals surface area contributed by atoms with E-state index in [1.807, 2.05) is 0 Å². The SMILES string of the molecule is COC(=O)c1ccc2nc(Br)[nH]c2c1. The fraction of sp³-hybridized carbons (Fsp3) is 0.111. The van der Waals surface area contributed by atoms with Gasteiger partial charge in [0.1, 0.15) is 0 Å². The van der Waals surface area contributed by atoms with E-state index in [-0.39, 0.29) is 5.97 Å². The van der Waals surface area contributed by atoms with Crippen molar-refractivity contribution in [2.75, 3.05) is 7.11 Å². The largest absolute Gasteiger partial charge is 0.465 e. The number of H-pyrrole nitrogens is 1. The molecular formula is C9H7BrN2O2. The Labute approximate surface area is 88.4 Å². The minimum atomic E-state index is -0.349. The van der Waals surface area contributed by atoms with Gasteiger partial charge in [-0.2, -0.15) is 0 Å². The highest BCUT2D eigenvalue weighted by molar-refractivity contribution is 9.10. The molecule has 14 heavy (non-hydrogen) atoms. The van der Waals surface area contributed by atoms with Crippen LogP contribution in [0.5, 0.6) is 0 Å². The summed E-state index contributed by atoms with van der Waals surface area (Å²) >= 11 is 3.22. The lowest BCUT2D eigenvalue weighted by Gasteiger charge is -1.97. The average Bonchev–Trinajstić information content (AvgIpc) is 2.55. The first-order valence-electron chi connectivity index (χ1n) is 3.94. The summed E-state index contributed by atoms with van der Waals surface area (Å²) in [6, 6.07) is 5.16. The molecule has 0 saturated heterocycles. The number of aromatic amines is 1. The van der Waals surface area contributed by atoms with E-state index in [1.165, 1.54) is 7.11 Å². The second-order valence-corrected chi connectivity index (χ2v) is 3.50. The molecule has 1 aromatic heterocycles. The van der Waals surface area contributed by atoms with Gasteiger partial charge < -0.3 is 9.72 Å². The van der Waals surface area contributed by atoms with Crippen LogP contribution in [0.2, 0.25) is 0 Å². The number of aromatic nitrogens is 2. The molecule has 0 atom stereocenters. The molecule has 0 spiro atoms. The van der Waals surface area contributed by atoms with Crippen LogP contribution in [0.25, 0.3) is 11.0 Å². The average molecular weight is 255 g/mol. The second kappa shape index (κ2) is 3.42. The van der Waals surface area contributed by atoms with E-state index in [2.05, 4.69) is 30.6 Å². The number of carbonyl (C=O) groups is 1. The van der Waals surface area contributed by atoms with Crippen molar-refractivity contribution in [1.29, 1.82) is 0 Å². The normalized spacial score (nSPS) is 10.4. The maximum absolute atomic E-state index is 11.2. The lowest BCUT2D eigenvalue weighted by molar-refractivity contribution is 0.0601. The first-order chi connectivity index (χ1) is 6.70. The first-order valence-corrected chi connectivity index (χ1v) is 4.73. The Kier molecular flexibility index (Phi) is 2.25. The zero-order valence-electron chi connectivity index (χ0n) is 7.37. The van der Waals surface area contributed by atoms with Gasteiger partial charge in [-0.3, -0.25) is 0 Å². The fourth-order valence-corrected chi connectivity index (χ4v) is 1.63. The molecule has 1 N–H and O–H groups in total. The van der Waals surface area contributed by atoms with Crippen LogP contribution in [0.4, 0.5) is 0 Å². The Morgan fingerprint density at radius 3 is 3.07 bits per heavy atom. The van der Waals surface area contributed by atoms with Crippen LogP contribution in [0.3, 0.4) is 0 Å². The number of esters is 1. The molecule has 1 heterocycles. The van der Waals surface area contributed by atoms with Gasteiger partial charge in [0.15, 0.2) is 4.73 Å². The molecule has 0 aliphatic heterocycles. The Morgan fingerprint density at radius 2 is 2.36 bits per heavy atom. The second-order valence-electron chi connectivity index (χ2n) is 2.75. The number of nitrogens with zero attached hydrogens (tertiary/aromatic N) is 1. The standard InChI is InChI=1S/C9H7BrN2O2/c1-14-8(13)5-2-3-6-7(4-5)12-9(10)11-6/h2-4H,1H3,(H,11,12). The number of methoxy groups -OCH3 is 1. The summed E-state index contributed by atoms with van der Waals surface area (Å²) in [4.78, 5) is 18.3. The molecular weight excluding hydrogens is 248 g/mol. The lowest BCUT2D eigenvalue weighted by atomic mass is 10.2. The van der Waals surface area contributed by atoms with Crippen molar-refractivity contribution in [1.82, 2.24) is 9.97 Å². The summed E-state index contributed by atoms with van der Waals surface area (Å²) in [5, 5.41) is 0. The molecule has 0 fully saturated rings. The van der Waals surface area contributed by atoms with Crippen LogP contribution in [0.1, 0.15) is 10.4 Å². The summed E-state index contributed by atoms with van der Waals surface area (Å²) in [6.45, 7) is 0. The first kappa shape index (κ1) is 9.21. The minimum Gasteiger partial charge on any atom is -0.465 e. The quantitative estimate of drug-likeness (QED) is 0.794. The third kappa shape index (κ3) is 1.50. The monoisotopic (exact) mass is 254 g/mol. The Bertz CT molecular complexity index is 493. The van der Waals surface area contributed by atoms with Crippen molar-refractivity contribution in [2.45, 2.75) is 0 Å². The highest BCUT2D eigenvalue weighted by Gasteiger charge is 2.07. The van der Waals surface area contributed by atoms with Crippen LogP contribution in [-0.2, 0) is 4.74 Å². The summed E-state index contributed by atoms with van der Waals surface area (Å²) in [6.07, 6.45) is 0. The number of hydrogen-bond donors (Lipinski definition) is 1. The number of rotatable bonds is 1. The van der Waals surface area contributed by atoms with E-state index in [0.717, 1.165) is 11.0 Å². The number of halogens is 1. The van der Waals surface area contributed by atoms with Crippen molar-refractivity contribution in [3.8, 4) is 0 Å². The number of carbonyl (C=O) groups excluding carboxylic acids is 1. The fourth-order valence-electron chi connectivity index (χ4n) is 1.22. The van der Waals surface area contributed by atoms with Gasteiger partial charge >= 0.3 is 5.97 Å². The van der Waals surface area contributed by atoms with E-state index in [0.29, 0.717) is 10.3 Å². The molecule has 2 rings (SSSR count). The summed E-state index contributed by atoms with van der Waals surface area (Å²) < 4.78 is 5.25. The molecule has 0 bridgehead atoms. The van der Waals surface area contributed by atoms with Crippen molar-refractivity contribution in [3.63, 3.8) is 0 Å². The molecule has 0 amide bonds. The zero-order valence-corrected chi connectivity index (χ0v) is 8.96. The van der Waals surface area contributed by atoms with Crippen molar-refractivity contribution in [2.24, 2.45) is 0 Å². The van der Waals surface area contributed by atoms with Gasteiger partial charge in [-0.1, -0.05) is 0 Å². The molecule has 0 aliphatic rings. The van der Waals surface area contributed by atoms with Gasteiger partial charge in [0.2, 0.25) is 0 Å². The topological polar surface area (TPSA) is 55.0 Å². The maximum Gasteiger partial charge on any atom is 0.337 e. The van der Waals surface area contributed by atoms with Gasteiger partial charge in [0.05, 0.1) is 23.7 Å². The lowest BCUT2D eigenvalue weighted by Crippen LogP contribution is -2.00. The molecule has 4 nitrogen and oxygen atoms in total. The molecule has 1 aromatic carbocycles. The van der Waals surface area contributed by atoms with Crippen molar-refractivity contribution < 1.29 is 9.53 Å². The van der Waals surface area contributed by atoms with Crippen LogP contribution in [0, 0.1) is 0 Å². The number of benzene rings is 1. The summed E-state index contributed by atoms with van der Waals surface area (Å²) in [7, 11) is 1.36. The highest BCUT2D eigenvalue weighted by atomic mass is 79.9. The van der Waals surface area contributed by atoms with Gasteiger partial charge in [-0.25, -0.2) is 9.78 Å². The van der Waals surface area contributed by atoms with Crippen LogP contribution < -0.4 is 0 Å². The molecule has 0 radical (unpaired) electrons. The van der Waals surface area contributed by atoms with Gasteiger partial charge in [0.25, 0.3) is 0 Å². The number of imidazole rings is 1. The van der Waals surface area contributed by atoms with Crippen LogP contribution in [0.15, 0.2) is 22.9 Å². The molecule has 0 aliphatic carbocycles. The Morgan fingerprint density at radius 1 is 1.57 bits per heavy atom. The predicted molar refractivity (Wildman–Crippen MR) is 55.1 cm³/mol. The van der Waals surface area contributed by atoms with E-state index >= 15 is 0 Å². The predicted octanol–water partition coefficient (Wildman–Crippen LogP) is 2.11.